The van der Waals surface area contributed by atoms with Crippen molar-refractivity contribution in [3.63, 3.8) is 0 Å². The van der Waals surface area contributed by atoms with Gasteiger partial charge in [0.1, 0.15) is 30.2 Å². The maximum atomic E-state index is 13.8. The predicted molar refractivity (Wildman–Crippen MR) is 182 cm³/mol. The van der Waals surface area contributed by atoms with Crippen LogP contribution < -0.4 is 32.7 Å². The number of H-pyrrole nitrogens is 1. The van der Waals surface area contributed by atoms with E-state index < -0.39 is 77.7 Å². The molecular formula is C33H57N9O7. The highest BCUT2D eigenvalue weighted by Crippen LogP contribution is 2.20. The van der Waals surface area contributed by atoms with E-state index in [9.17, 15) is 33.9 Å². The van der Waals surface area contributed by atoms with Gasteiger partial charge < -0.3 is 47.7 Å². The standard InChI is InChI=1S/C33H57N9O7/c1-18(2)14-23(28(43)41-27(20(5)6)33(48)49)39-31(46)26(19(3)4)40-29(44)24(15-21-16-36-17-37-21)38-30(45)25-11-9-13-42(25)32(47)22(35)10-7-8-12-34/h16-20,22-27H,7-15,34-35H2,1-6H3,(H,36,37)(H,38,45)(H,39,46)(H,40,44)(H,41,43)(H,48,49). The Morgan fingerprint density at radius 2 is 1.55 bits per heavy atom. The molecule has 16 heteroatoms. The van der Waals surface area contributed by atoms with Crippen LogP contribution in [0.5, 0.6) is 0 Å². The minimum absolute atomic E-state index is 0.0213. The molecule has 2 rings (SSSR count). The summed E-state index contributed by atoms with van der Waals surface area (Å²) in [6, 6.07) is -6.03. The summed E-state index contributed by atoms with van der Waals surface area (Å²) in [4.78, 5) is 87.5. The number of amides is 5. The third kappa shape index (κ3) is 12.7. The molecule has 0 radical (unpaired) electrons. The molecule has 1 aromatic rings. The van der Waals surface area contributed by atoms with Crippen LogP contribution in [0.25, 0.3) is 0 Å². The third-order valence-electron chi connectivity index (χ3n) is 8.55. The zero-order valence-electron chi connectivity index (χ0n) is 29.7. The number of imidazole rings is 1. The summed E-state index contributed by atoms with van der Waals surface area (Å²) in [5.41, 5.74) is 12.3. The van der Waals surface area contributed by atoms with Gasteiger partial charge in [0.25, 0.3) is 0 Å². The van der Waals surface area contributed by atoms with Crippen LogP contribution in [0.15, 0.2) is 12.5 Å². The van der Waals surface area contributed by atoms with Crippen molar-refractivity contribution in [2.75, 3.05) is 13.1 Å². The van der Waals surface area contributed by atoms with E-state index >= 15 is 0 Å². The van der Waals surface area contributed by atoms with Crippen molar-refractivity contribution >= 4 is 35.5 Å². The van der Waals surface area contributed by atoms with E-state index in [2.05, 4.69) is 31.2 Å². The smallest absolute Gasteiger partial charge is 0.326 e. The Balaban J connectivity index is 2.23. The van der Waals surface area contributed by atoms with Crippen LogP contribution in [-0.4, -0.2) is 105 Å². The van der Waals surface area contributed by atoms with Gasteiger partial charge >= 0.3 is 5.97 Å². The Morgan fingerprint density at radius 1 is 0.918 bits per heavy atom. The molecule has 0 saturated carbocycles. The van der Waals surface area contributed by atoms with Crippen LogP contribution in [0.2, 0.25) is 0 Å². The quantitative estimate of drug-likeness (QED) is 0.0835. The van der Waals surface area contributed by atoms with Gasteiger partial charge in [0.2, 0.25) is 29.5 Å². The molecule has 1 aliphatic rings. The van der Waals surface area contributed by atoms with Gasteiger partial charge in [-0.05, 0) is 56.4 Å². The minimum Gasteiger partial charge on any atom is -0.480 e. The van der Waals surface area contributed by atoms with Gasteiger partial charge in [-0.1, -0.05) is 48.0 Å². The molecule has 6 atom stereocenters. The molecule has 0 aromatic carbocycles. The number of nitrogens with one attached hydrogen (secondary N) is 5. The number of rotatable bonds is 20. The number of aromatic amines is 1. The number of hydrogen-bond acceptors (Lipinski definition) is 9. The summed E-state index contributed by atoms with van der Waals surface area (Å²) in [5, 5.41) is 20.3. The molecule has 16 nitrogen and oxygen atoms in total. The minimum atomic E-state index is -1.19. The number of hydrogen-bond donors (Lipinski definition) is 8. The van der Waals surface area contributed by atoms with E-state index in [1.165, 1.54) is 17.4 Å². The molecule has 10 N–H and O–H groups in total. The molecule has 276 valence electrons. The Morgan fingerprint density at radius 3 is 2.10 bits per heavy atom. The number of aromatic nitrogens is 2. The van der Waals surface area contributed by atoms with E-state index in [-0.39, 0.29) is 24.7 Å². The number of carbonyl (C=O) groups is 6. The molecule has 1 saturated heterocycles. The highest BCUT2D eigenvalue weighted by molar-refractivity contribution is 5.96. The van der Waals surface area contributed by atoms with E-state index in [1.54, 1.807) is 27.7 Å². The van der Waals surface area contributed by atoms with Crippen molar-refractivity contribution in [3.8, 4) is 0 Å². The summed E-state index contributed by atoms with van der Waals surface area (Å²) in [5.74, 6) is -4.81. The molecule has 1 aromatic heterocycles. The summed E-state index contributed by atoms with van der Waals surface area (Å²) >= 11 is 0. The van der Waals surface area contributed by atoms with E-state index in [0.717, 1.165) is 6.42 Å². The fourth-order valence-electron chi connectivity index (χ4n) is 5.76. The lowest BCUT2D eigenvalue weighted by Crippen LogP contribution is -2.60. The normalized spacial score (nSPS) is 17.7. The van der Waals surface area contributed by atoms with E-state index in [4.69, 9.17) is 11.5 Å². The Kier molecular flexibility index (Phi) is 16.6. The number of carboxylic acid groups (broad SMARTS) is 1. The molecule has 0 spiro atoms. The first kappa shape index (κ1) is 41.1. The van der Waals surface area contributed by atoms with E-state index in [0.29, 0.717) is 44.5 Å². The number of carbonyl (C=O) groups excluding carboxylic acids is 5. The Hall–Kier alpha value is -4.05. The van der Waals surface area contributed by atoms with Gasteiger partial charge in [-0.2, -0.15) is 0 Å². The van der Waals surface area contributed by atoms with Gasteiger partial charge in [-0.3, -0.25) is 24.0 Å². The van der Waals surface area contributed by atoms with Crippen molar-refractivity contribution in [2.45, 2.75) is 123 Å². The Bertz CT molecular complexity index is 1250. The first-order valence-electron chi connectivity index (χ1n) is 17.2. The van der Waals surface area contributed by atoms with Gasteiger partial charge in [-0.25, -0.2) is 9.78 Å². The summed E-state index contributed by atoms with van der Waals surface area (Å²) in [7, 11) is 0. The zero-order chi connectivity index (χ0) is 36.8. The lowest BCUT2D eigenvalue weighted by molar-refractivity contribution is -0.143. The molecule has 6 unspecified atom stereocenters. The first-order valence-corrected chi connectivity index (χ1v) is 17.2. The fourth-order valence-corrected chi connectivity index (χ4v) is 5.76. The second kappa shape index (κ2) is 19.8. The Labute approximate surface area is 288 Å². The highest BCUT2D eigenvalue weighted by atomic mass is 16.4. The van der Waals surface area contributed by atoms with Gasteiger partial charge in [0, 0.05) is 24.9 Å². The van der Waals surface area contributed by atoms with Crippen LogP contribution in [0.1, 0.15) is 85.8 Å². The van der Waals surface area contributed by atoms with Crippen LogP contribution in [-0.2, 0) is 35.2 Å². The average Bonchev–Trinajstić information content (AvgIpc) is 3.73. The molecular weight excluding hydrogens is 634 g/mol. The number of aliphatic carboxylic acids is 1. The van der Waals surface area contributed by atoms with Crippen LogP contribution in [0.4, 0.5) is 0 Å². The second-order valence-electron chi connectivity index (χ2n) is 13.9. The average molecular weight is 692 g/mol. The molecule has 49 heavy (non-hydrogen) atoms. The van der Waals surface area contributed by atoms with Crippen molar-refractivity contribution in [2.24, 2.45) is 29.2 Å². The molecule has 5 amide bonds. The summed E-state index contributed by atoms with van der Waals surface area (Å²) in [6.07, 6.45) is 6.08. The van der Waals surface area contributed by atoms with Crippen LogP contribution in [0, 0.1) is 17.8 Å². The molecule has 2 heterocycles. The topological polar surface area (TPSA) is 255 Å². The third-order valence-corrected chi connectivity index (χ3v) is 8.55. The predicted octanol–water partition coefficient (Wildman–Crippen LogP) is -0.219. The van der Waals surface area contributed by atoms with Crippen LogP contribution >= 0.6 is 0 Å². The number of unbranched alkanes of at least 4 members (excludes halogenated alkanes) is 1. The van der Waals surface area contributed by atoms with Gasteiger partial charge in [0.05, 0.1) is 12.4 Å². The van der Waals surface area contributed by atoms with Crippen molar-refractivity contribution < 1.29 is 33.9 Å². The molecule has 0 bridgehead atoms. The number of nitrogens with zero attached hydrogens (tertiary/aromatic N) is 2. The molecule has 1 aliphatic heterocycles. The second-order valence-corrected chi connectivity index (χ2v) is 13.9. The van der Waals surface area contributed by atoms with Crippen molar-refractivity contribution in [1.29, 1.82) is 0 Å². The van der Waals surface area contributed by atoms with Gasteiger partial charge in [-0.15, -0.1) is 0 Å². The lowest BCUT2D eigenvalue weighted by atomic mass is 9.98. The number of likely N-dealkylation sites (tertiary alicyclic amines) is 1. The fraction of sp³-hybridized carbons (Fsp3) is 0.727. The largest absolute Gasteiger partial charge is 0.480 e. The van der Waals surface area contributed by atoms with Gasteiger partial charge in [0.15, 0.2) is 0 Å². The number of carboxylic acids is 1. The lowest BCUT2D eigenvalue weighted by Gasteiger charge is -2.30. The van der Waals surface area contributed by atoms with E-state index in [1.807, 2.05) is 13.8 Å². The summed E-state index contributed by atoms with van der Waals surface area (Å²) in [6.45, 7) is 11.4. The maximum absolute atomic E-state index is 13.8. The highest BCUT2D eigenvalue weighted by Gasteiger charge is 2.39. The number of nitrogens with two attached hydrogens (primary N) is 2. The first-order chi connectivity index (χ1) is 23.1. The summed E-state index contributed by atoms with van der Waals surface area (Å²) < 4.78 is 0. The van der Waals surface area contributed by atoms with Crippen molar-refractivity contribution in [1.82, 2.24) is 36.1 Å². The SMILES string of the molecule is CC(C)CC(NC(=O)C(NC(=O)C(Cc1cnc[nH]1)NC(=O)C1CCCN1C(=O)C(N)CCCCN)C(C)C)C(=O)NC(C(=O)O)C(C)C. The van der Waals surface area contributed by atoms with Crippen LogP contribution in [0.3, 0.4) is 0 Å². The zero-order valence-corrected chi connectivity index (χ0v) is 29.7. The maximum Gasteiger partial charge on any atom is 0.326 e. The van der Waals surface area contributed by atoms with Crippen molar-refractivity contribution in [3.05, 3.63) is 18.2 Å². The molecule has 1 fully saturated rings. The monoisotopic (exact) mass is 691 g/mol. The molecule has 0 aliphatic carbocycles.